The number of nitrogen functional groups attached to an aromatic ring is 1. The van der Waals surface area contributed by atoms with E-state index in [1.54, 1.807) is 4.90 Å². The zero-order valence-electron chi connectivity index (χ0n) is 10.3. The minimum atomic E-state index is -2.63. The number of hydrogen-bond donors (Lipinski definition) is 2. The summed E-state index contributed by atoms with van der Waals surface area (Å²) in [6.07, 6.45) is 2.76. The summed E-state index contributed by atoms with van der Waals surface area (Å²) in [5.74, 6) is 2.24. The van der Waals surface area contributed by atoms with Gasteiger partial charge in [-0.15, -0.1) is 0 Å². The molecule has 1 amide bonds. The van der Waals surface area contributed by atoms with E-state index < -0.39 is 11.8 Å². The number of nitrogens with one attached hydrogen (secondary N) is 1. The molecule has 2 rings (SSSR count). The topological polar surface area (TPSA) is 84.1 Å². The third-order valence-electron chi connectivity index (χ3n) is 3.03. The number of halogens is 2. The van der Waals surface area contributed by atoms with E-state index in [9.17, 15) is 13.6 Å². The van der Waals surface area contributed by atoms with Crippen molar-refractivity contribution in [1.29, 1.82) is 0 Å². The molecule has 1 saturated heterocycles. The van der Waals surface area contributed by atoms with Crippen molar-refractivity contribution in [2.45, 2.75) is 25.2 Å². The van der Waals surface area contributed by atoms with Crippen LogP contribution in [-0.2, 0) is 0 Å². The Hall–Kier alpha value is -1.83. The predicted octanol–water partition coefficient (Wildman–Crippen LogP) is 0.706. The molecule has 104 valence electrons. The number of hydrogen-bond acceptors (Lipinski definition) is 5. The SMILES string of the molecule is NNC(=O)c1cncc(N2CCCC(F)(F)CC2)n1. The minimum Gasteiger partial charge on any atom is -0.355 e. The summed E-state index contributed by atoms with van der Waals surface area (Å²) in [7, 11) is 0. The predicted molar refractivity (Wildman–Crippen MR) is 64.7 cm³/mol. The number of anilines is 1. The second kappa shape index (κ2) is 5.43. The van der Waals surface area contributed by atoms with Crippen molar-refractivity contribution in [2.24, 2.45) is 5.84 Å². The Morgan fingerprint density at radius 2 is 2.16 bits per heavy atom. The summed E-state index contributed by atoms with van der Waals surface area (Å²) < 4.78 is 26.5. The van der Waals surface area contributed by atoms with Gasteiger partial charge in [0, 0.05) is 25.9 Å². The van der Waals surface area contributed by atoms with Gasteiger partial charge in [-0.3, -0.25) is 15.2 Å². The monoisotopic (exact) mass is 271 g/mol. The molecule has 3 N–H and O–H groups in total. The number of aromatic nitrogens is 2. The third kappa shape index (κ3) is 3.34. The second-order valence-electron chi connectivity index (χ2n) is 4.43. The molecule has 1 aromatic heterocycles. The number of carbonyl (C=O) groups excluding carboxylic acids is 1. The molecule has 1 aliphatic heterocycles. The molecule has 0 unspecified atom stereocenters. The number of nitrogens with zero attached hydrogens (tertiary/aromatic N) is 3. The summed E-state index contributed by atoms with van der Waals surface area (Å²) >= 11 is 0. The quantitative estimate of drug-likeness (QED) is 0.470. The van der Waals surface area contributed by atoms with Gasteiger partial charge in [-0.25, -0.2) is 19.6 Å². The second-order valence-corrected chi connectivity index (χ2v) is 4.43. The van der Waals surface area contributed by atoms with Crippen LogP contribution in [0, 0.1) is 0 Å². The first-order valence-corrected chi connectivity index (χ1v) is 5.97. The third-order valence-corrected chi connectivity index (χ3v) is 3.03. The zero-order valence-corrected chi connectivity index (χ0v) is 10.3. The fraction of sp³-hybridized carbons (Fsp3) is 0.545. The van der Waals surface area contributed by atoms with Crippen molar-refractivity contribution in [3.05, 3.63) is 18.1 Å². The lowest BCUT2D eigenvalue weighted by Crippen LogP contribution is -2.32. The fourth-order valence-electron chi connectivity index (χ4n) is 1.98. The van der Waals surface area contributed by atoms with E-state index in [0.717, 1.165) is 0 Å². The maximum Gasteiger partial charge on any atom is 0.285 e. The van der Waals surface area contributed by atoms with E-state index >= 15 is 0 Å². The minimum absolute atomic E-state index is 0.0657. The van der Waals surface area contributed by atoms with E-state index in [-0.39, 0.29) is 25.1 Å². The molecule has 0 aromatic carbocycles. The molecule has 1 fully saturated rings. The molecule has 6 nitrogen and oxygen atoms in total. The van der Waals surface area contributed by atoms with Crippen molar-refractivity contribution in [3.8, 4) is 0 Å². The lowest BCUT2D eigenvalue weighted by molar-refractivity contribution is -0.0102. The van der Waals surface area contributed by atoms with E-state index in [4.69, 9.17) is 5.84 Å². The van der Waals surface area contributed by atoms with Gasteiger partial charge in [0.15, 0.2) is 0 Å². The normalized spacial score (nSPS) is 18.8. The number of hydrazine groups is 1. The van der Waals surface area contributed by atoms with Crippen LogP contribution in [0.4, 0.5) is 14.6 Å². The summed E-state index contributed by atoms with van der Waals surface area (Å²) in [5, 5.41) is 0. The Morgan fingerprint density at radius 1 is 1.37 bits per heavy atom. The summed E-state index contributed by atoms with van der Waals surface area (Å²) in [6.45, 7) is 0.660. The fourth-order valence-corrected chi connectivity index (χ4v) is 1.98. The number of carbonyl (C=O) groups is 1. The van der Waals surface area contributed by atoms with Gasteiger partial charge in [0.1, 0.15) is 11.5 Å². The molecule has 8 heteroatoms. The smallest absolute Gasteiger partial charge is 0.285 e. The van der Waals surface area contributed by atoms with Gasteiger partial charge in [0.2, 0.25) is 5.92 Å². The Balaban J connectivity index is 2.15. The van der Waals surface area contributed by atoms with Gasteiger partial charge in [0.25, 0.3) is 5.91 Å². The average Bonchev–Trinajstić information content (AvgIpc) is 2.59. The molecular weight excluding hydrogens is 256 g/mol. The molecule has 0 atom stereocenters. The van der Waals surface area contributed by atoms with E-state index in [2.05, 4.69) is 9.97 Å². The largest absolute Gasteiger partial charge is 0.355 e. The molecule has 0 radical (unpaired) electrons. The van der Waals surface area contributed by atoms with Gasteiger partial charge in [-0.05, 0) is 6.42 Å². The van der Waals surface area contributed by atoms with E-state index in [0.29, 0.717) is 18.8 Å². The summed E-state index contributed by atoms with van der Waals surface area (Å²) in [5.41, 5.74) is 2.02. The Kier molecular flexibility index (Phi) is 3.89. The van der Waals surface area contributed by atoms with Crippen molar-refractivity contribution in [1.82, 2.24) is 15.4 Å². The van der Waals surface area contributed by atoms with Gasteiger partial charge in [-0.1, -0.05) is 0 Å². The highest BCUT2D eigenvalue weighted by atomic mass is 19.3. The van der Waals surface area contributed by atoms with E-state index in [1.807, 2.05) is 5.43 Å². The van der Waals surface area contributed by atoms with Crippen LogP contribution in [0.3, 0.4) is 0 Å². The number of nitrogens with two attached hydrogens (primary N) is 1. The number of alkyl halides is 2. The standard InChI is InChI=1S/C11H15F2N5O/c12-11(13)2-1-4-18(5-3-11)9-7-15-6-8(16-9)10(19)17-14/h6-7H,1-5,14H2,(H,17,19). The first kappa shape index (κ1) is 13.6. The van der Waals surface area contributed by atoms with Crippen LogP contribution in [0.5, 0.6) is 0 Å². The van der Waals surface area contributed by atoms with Crippen LogP contribution >= 0.6 is 0 Å². The molecule has 0 saturated carbocycles. The van der Waals surface area contributed by atoms with Crippen LogP contribution in [0.15, 0.2) is 12.4 Å². The highest BCUT2D eigenvalue weighted by Gasteiger charge is 2.32. The Morgan fingerprint density at radius 3 is 2.89 bits per heavy atom. The van der Waals surface area contributed by atoms with Crippen LogP contribution in [0.25, 0.3) is 0 Å². The van der Waals surface area contributed by atoms with Crippen LogP contribution in [0.2, 0.25) is 0 Å². The molecule has 1 aromatic rings. The number of amides is 1. The van der Waals surface area contributed by atoms with Gasteiger partial charge >= 0.3 is 0 Å². The zero-order chi connectivity index (χ0) is 13.9. The average molecular weight is 271 g/mol. The first-order valence-electron chi connectivity index (χ1n) is 5.97. The summed E-state index contributed by atoms with van der Waals surface area (Å²) in [6, 6.07) is 0. The highest BCUT2D eigenvalue weighted by molar-refractivity contribution is 5.91. The van der Waals surface area contributed by atoms with Crippen LogP contribution < -0.4 is 16.2 Å². The molecule has 0 spiro atoms. The van der Waals surface area contributed by atoms with Crippen molar-refractivity contribution in [2.75, 3.05) is 18.0 Å². The maximum absolute atomic E-state index is 13.3. The van der Waals surface area contributed by atoms with Gasteiger partial charge in [-0.2, -0.15) is 0 Å². The lowest BCUT2D eigenvalue weighted by Gasteiger charge is -2.21. The van der Waals surface area contributed by atoms with Crippen molar-refractivity contribution >= 4 is 11.7 Å². The maximum atomic E-state index is 13.3. The molecule has 19 heavy (non-hydrogen) atoms. The molecule has 0 bridgehead atoms. The molecule has 2 heterocycles. The van der Waals surface area contributed by atoms with Crippen LogP contribution in [-0.4, -0.2) is 34.9 Å². The Bertz CT molecular complexity index is 468. The number of rotatable bonds is 2. The van der Waals surface area contributed by atoms with Gasteiger partial charge in [0.05, 0.1) is 12.4 Å². The Labute approximate surface area is 109 Å². The molecule has 1 aliphatic rings. The highest BCUT2D eigenvalue weighted by Crippen LogP contribution is 2.29. The first-order chi connectivity index (χ1) is 9.02. The van der Waals surface area contributed by atoms with Gasteiger partial charge < -0.3 is 4.90 Å². The molecular formula is C11H15F2N5O. The van der Waals surface area contributed by atoms with Crippen molar-refractivity contribution < 1.29 is 13.6 Å². The lowest BCUT2D eigenvalue weighted by atomic mass is 10.1. The van der Waals surface area contributed by atoms with Crippen molar-refractivity contribution in [3.63, 3.8) is 0 Å². The van der Waals surface area contributed by atoms with E-state index in [1.165, 1.54) is 12.4 Å². The summed E-state index contributed by atoms with van der Waals surface area (Å²) in [4.78, 5) is 21.0. The van der Waals surface area contributed by atoms with Crippen LogP contribution in [0.1, 0.15) is 29.8 Å². The molecule has 0 aliphatic carbocycles.